The number of nitrogens with zero attached hydrogens (tertiary/aromatic N) is 4. The van der Waals surface area contributed by atoms with Gasteiger partial charge in [-0.1, -0.05) is 5.11 Å². The SMILES string of the molecule is C[C@@]1(O)C(O)[C@](CO)(N=[N+]=[N-])O[C@H]1n1ccc(=O)[nH]c1=O. The first kappa shape index (κ1) is 15.2. The molecule has 0 radical (unpaired) electrons. The van der Waals surface area contributed by atoms with Crippen LogP contribution in [0, 0.1) is 0 Å². The molecule has 0 aliphatic carbocycles. The molecule has 11 nitrogen and oxygen atoms in total. The van der Waals surface area contributed by atoms with Crippen molar-refractivity contribution < 1.29 is 20.1 Å². The minimum atomic E-state index is -2.14. The monoisotopic (exact) mass is 299 g/mol. The molecule has 0 amide bonds. The fraction of sp³-hybridized carbons (Fsp3) is 0.600. The Morgan fingerprint density at radius 3 is 2.81 bits per heavy atom. The lowest BCUT2D eigenvalue weighted by Crippen LogP contribution is -2.50. The average molecular weight is 299 g/mol. The zero-order chi connectivity index (χ0) is 15.8. The topological polar surface area (TPSA) is 174 Å². The summed E-state index contributed by atoms with van der Waals surface area (Å²) in [6.07, 6.45) is -2.22. The van der Waals surface area contributed by atoms with E-state index in [4.69, 9.17) is 10.3 Å². The Morgan fingerprint density at radius 1 is 1.62 bits per heavy atom. The number of nitrogens with one attached hydrogen (secondary N) is 1. The molecular weight excluding hydrogens is 286 g/mol. The maximum atomic E-state index is 11.7. The first-order valence-corrected chi connectivity index (χ1v) is 5.85. The molecule has 0 aromatic carbocycles. The third-order valence-corrected chi connectivity index (χ3v) is 3.34. The zero-order valence-electron chi connectivity index (χ0n) is 10.9. The van der Waals surface area contributed by atoms with Gasteiger partial charge in [0.15, 0.2) is 6.23 Å². The van der Waals surface area contributed by atoms with Crippen molar-refractivity contribution in [2.24, 2.45) is 5.11 Å². The van der Waals surface area contributed by atoms with Crippen LogP contribution in [0.5, 0.6) is 0 Å². The third kappa shape index (κ3) is 2.22. The van der Waals surface area contributed by atoms with Crippen molar-refractivity contribution in [3.63, 3.8) is 0 Å². The molecule has 0 saturated carbocycles. The molecule has 1 aliphatic heterocycles. The van der Waals surface area contributed by atoms with Crippen molar-refractivity contribution >= 4 is 0 Å². The molecule has 1 fully saturated rings. The average Bonchev–Trinajstić information content (AvgIpc) is 2.61. The van der Waals surface area contributed by atoms with Crippen LogP contribution in [0.3, 0.4) is 0 Å². The number of H-pyrrole nitrogens is 1. The summed E-state index contributed by atoms with van der Waals surface area (Å²) in [7, 11) is 0. The van der Waals surface area contributed by atoms with Crippen molar-refractivity contribution in [1.82, 2.24) is 9.55 Å². The van der Waals surface area contributed by atoms with Crippen LogP contribution in [0.2, 0.25) is 0 Å². The normalized spacial score (nSPS) is 35.4. The number of azide groups is 1. The van der Waals surface area contributed by atoms with Crippen molar-refractivity contribution in [2.75, 3.05) is 6.61 Å². The highest BCUT2D eigenvalue weighted by atomic mass is 16.6. The van der Waals surface area contributed by atoms with Gasteiger partial charge in [0.25, 0.3) is 5.56 Å². The smallest absolute Gasteiger partial charge is 0.330 e. The Kier molecular flexibility index (Phi) is 3.61. The Morgan fingerprint density at radius 2 is 2.29 bits per heavy atom. The number of hydrogen-bond donors (Lipinski definition) is 4. The van der Waals surface area contributed by atoms with Gasteiger partial charge >= 0.3 is 5.69 Å². The molecule has 1 aliphatic rings. The molecule has 0 spiro atoms. The summed E-state index contributed by atoms with van der Waals surface area (Å²) in [5.74, 6) is 0. The Bertz CT molecular complexity index is 704. The number of aliphatic hydroxyl groups excluding tert-OH is 2. The van der Waals surface area contributed by atoms with Gasteiger partial charge in [0.1, 0.15) is 11.7 Å². The van der Waals surface area contributed by atoms with E-state index < -0.39 is 41.5 Å². The zero-order valence-corrected chi connectivity index (χ0v) is 10.9. The van der Waals surface area contributed by atoms with Crippen LogP contribution in [-0.4, -0.2) is 48.9 Å². The molecule has 4 N–H and O–H groups in total. The van der Waals surface area contributed by atoms with Crippen molar-refractivity contribution in [1.29, 1.82) is 0 Å². The molecule has 0 bridgehead atoms. The highest BCUT2D eigenvalue weighted by Crippen LogP contribution is 2.44. The van der Waals surface area contributed by atoms with Gasteiger partial charge in [0.2, 0.25) is 5.72 Å². The Balaban J connectivity index is 2.58. The largest absolute Gasteiger partial charge is 0.393 e. The van der Waals surface area contributed by atoms with Gasteiger partial charge in [-0.05, 0) is 12.5 Å². The van der Waals surface area contributed by atoms with Gasteiger partial charge < -0.3 is 20.1 Å². The van der Waals surface area contributed by atoms with E-state index in [1.54, 1.807) is 0 Å². The minimum Gasteiger partial charge on any atom is -0.393 e. The first-order valence-electron chi connectivity index (χ1n) is 5.85. The molecule has 4 atom stereocenters. The molecule has 11 heteroatoms. The van der Waals surface area contributed by atoms with Crippen LogP contribution < -0.4 is 11.2 Å². The van der Waals surface area contributed by atoms with Crippen molar-refractivity contribution in [3.8, 4) is 0 Å². The van der Waals surface area contributed by atoms with E-state index >= 15 is 0 Å². The summed E-state index contributed by atoms with van der Waals surface area (Å²) < 4.78 is 6.06. The van der Waals surface area contributed by atoms with Crippen LogP contribution in [-0.2, 0) is 4.74 Å². The molecule has 1 saturated heterocycles. The second kappa shape index (κ2) is 4.98. The molecule has 2 rings (SSSR count). The van der Waals surface area contributed by atoms with E-state index in [0.717, 1.165) is 23.8 Å². The Hall–Kier alpha value is -2.17. The predicted octanol–water partition coefficient (Wildman–Crippen LogP) is -1.82. The molecule has 114 valence electrons. The Labute approximate surface area is 116 Å². The highest BCUT2D eigenvalue weighted by Gasteiger charge is 2.61. The van der Waals surface area contributed by atoms with E-state index in [2.05, 4.69) is 10.0 Å². The predicted molar refractivity (Wildman–Crippen MR) is 67.0 cm³/mol. The number of rotatable bonds is 3. The van der Waals surface area contributed by atoms with Gasteiger partial charge in [0, 0.05) is 17.2 Å². The first-order chi connectivity index (χ1) is 9.78. The number of ether oxygens (including phenoxy) is 1. The molecule has 1 unspecified atom stereocenters. The number of aromatic nitrogens is 2. The molecule has 2 heterocycles. The van der Waals surface area contributed by atoms with E-state index in [9.17, 15) is 24.9 Å². The van der Waals surface area contributed by atoms with Gasteiger partial charge in [-0.2, -0.15) is 0 Å². The van der Waals surface area contributed by atoms with Crippen LogP contribution in [0.25, 0.3) is 10.4 Å². The van der Waals surface area contributed by atoms with Crippen molar-refractivity contribution in [2.45, 2.75) is 30.6 Å². The summed E-state index contributed by atoms with van der Waals surface area (Å²) >= 11 is 0. The summed E-state index contributed by atoms with van der Waals surface area (Å²) in [5.41, 5.74) is 2.77. The minimum absolute atomic E-state index is 0.655. The maximum Gasteiger partial charge on any atom is 0.330 e. The molecule has 1 aromatic heterocycles. The number of hydrogen-bond acceptors (Lipinski definition) is 7. The second-order valence-electron chi connectivity index (χ2n) is 4.81. The summed E-state index contributed by atoms with van der Waals surface area (Å²) in [5, 5.41) is 32.9. The molecular formula is C10H13N5O6. The van der Waals surface area contributed by atoms with Crippen LogP contribution in [0.15, 0.2) is 27.0 Å². The lowest BCUT2D eigenvalue weighted by atomic mass is 9.93. The number of aliphatic hydroxyl groups is 3. The van der Waals surface area contributed by atoms with Crippen LogP contribution in [0.1, 0.15) is 13.2 Å². The van der Waals surface area contributed by atoms with Gasteiger partial charge in [0.05, 0.1) is 6.61 Å². The number of aromatic amines is 1. The summed E-state index contributed by atoms with van der Waals surface area (Å²) in [6.45, 7) is 0.229. The molecule has 21 heavy (non-hydrogen) atoms. The maximum absolute atomic E-state index is 11.7. The quantitative estimate of drug-likeness (QED) is 0.290. The van der Waals surface area contributed by atoms with Gasteiger partial charge in [-0.3, -0.25) is 14.3 Å². The van der Waals surface area contributed by atoms with E-state index in [0.29, 0.717) is 0 Å². The van der Waals surface area contributed by atoms with E-state index in [1.165, 1.54) is 0 Å². The third-order valence-electron chi connectivity index (χ3n) is 3.34. The standard InChI is InChI=1S/C10H13N5O6/c1-9(20)6(18)10(4-16,13-14-11)21-7(9)15-3-2-5(17)12-8(15)19/h2-3,6-7,16,18,20H,4H2,1H3,(H,12,17,19)/t6?,7-,9-,10-/m1/s1. The highest BCUT2D eigenvalue weighted by molar-refractivity contribution is 5.07. The second-order valence-corrected chi connectivity index (χ2v) is 4.81. The lowest BCUT2D eigenvalue weighted by Gasteiger charge is -2.28. The van der Waals surface area contributed by atoms with Gasteiger partial charge in [-0.25, -0.2) is 4.79 Å². The summed E-state index contributed by atoms with van der Waals surface area (Å²) in [6, 6.07) is 1.01. The van der Waals surface area contributed by atoms with Crippen LogP contribution in [0.4, 0.5) is 0 Å². The van der Waals surface area contributed by atoms with Crippen molar-refractivity contribution in [3.05, 3.63) is 43.5 Å². The summed E-state index contributed by atoms with van der Waals surface area (Å²) in [4.78, 5) is 27.2. The van der Waals surface area contributed by atoms with E-state index in [-0.39, 0.29) is 0 Å². The fourth-order valence-corrected chi connectivity index (χ4v) is 2.23. The van der Waals surface area contributed by atoms with Crippen LogP contribution >= 0.6 is 0 Å². The lowest BCUT2D eigenvalue weighted by molar-refractivity contribution is -0.128. The molecule has 1 aromatic rings. The van der Waals surface area contributed by atoms with E-state index in [1.807, 2.05) is 4.98 Å². The fourth-order valence-electron chi connectivity index (χ4n) is 2.23. The van der Waals surface area contributed by atoms with Gasteiger partial charge in [-0.15, -0.1) is 0 Å².